The molecule has 5 heteroatoms. The second-order valence-electron chi connectivity index (χ2n) is 6.98. The van der Waals surface area contributed by atoms with Crippen LogP contribution in [0.4, 0.5) is 0 Å². The number of halogens is 1. The topological polar surface area (TPSA) is 50.9 Å². The molecule has 140 valence electrons. The maximum Gasteiger partial charge on any atom is 0.132 e. The molecule has 27 heavy (non-hydrogen) atoms. The lowest BCUT2D eigenvalue weighted by atomic mass is 9.94. The van der Waals surface area contributed by atoms with Gasteiger partial charge in [-0.15, -0.1) is 0 Å². The average molecular weight is 443 g/mol. The summed E-state index contributed by atoms with van der Waals surface area (Å²) < 4.78 is 13.7. The first-order chi connectivity index (χ1) is 13.2. The van der Waals surface area contributed by atoms with Crippen LogP contribution in [0.3, 0.4) is 0 Å². The molecule has 2 N–H and O–H groups in total. The summed E-state index contributed by atoms with van der Waals surface area (Å²) in [6, 6.07) is 17.1. The Bertz CT molecular complexity index is 935. The number of hydrogen-bond donors (Lipinski definition) is 2. The highest BCUT2D eigenvalue weighted by atomic mass is 79.9. The predicted octanol–water partition coefficient (Wildman–Crippen LogP) is 5.01. The fraction of sp³-hybridized carbons (Fsp3) is 0.273. The standard InChI is InChI=1S/C22H23BrN2OS/c23-19-7-5-16(6-8-19)17-9-11-24-20(13-17)10-12-27(26)15-18-14-25-22-4-2-1-3-21(18)22/h1-9,14,20,24-25H,10-13,15H2. The van der Waals surface area contributed by atoms with Gasteiger partial charge in [0.2, 0.25) is 0 Å². The number of aromatic nitrogens is 1. The minimum atomic E-state index is -0.852. The third-order valence-corrected chi connectivity index (χ3v) is 6.97. The van der Waals surface area contributed by atoms with E-state index in [1.54, 1.807) is 0 Å². The Kier molecular flexibility index (Phi) is 6.03. The first-order valence-electron chi connectivity index (χ1n) is 9.27. The first-order valence-corrected chi connectivity index (χ1v) is 11.6. The normalized spacial score (nSPS) is 18.4. The fourth-order valence-corrected chi connectivity index (χ4v) is 5.19. The number of fused-ring (bicyclic) bond motifs is 1. The summed E-state index contributed by atoms with van der Waals surface area (Å²) in [6.07, 6.45) is 6.19. The highest BCUT2D eigenvalue weighted by Gasteiger charge is 2.19. The Morgan fingerprint density at radius 1 is 1.11 bits per heavy atom. The summed E-state index contributed by atoms with van der Waals surface area (Å²) in [5, 5.41) is 4.73. The Hall–Kier alpha value is -1.53. The number of benzene rings is 2. The van der Waals surface area contributed by atoms with Gasteiger partial charge in [0.25, 0.3) is 0 Å². The molecule has 3 aromatic rings. The largest absolute Gasteiger partial charge is 0.616 e. The minimum Gasteiger partial charge on any atom is -0.616 e. The number of aromatic amines is 1. The van der Waals surface area contributed by atoms with Crippen LogP contribution in [0.2, 0.25) is 0 Å². The molecule has 2 heterocycles. The average Bonchev–Trinajstić information content (AvgIpc) is 3.10. The van der Waals surface area contributed by atoms with Crippen molar-refractivity contribution in [1.29, 1.82) is 0 Å². The highest BCUT2D eigenvalue weighted by Crippen LogP contribution is 2.26. The molecule has 0 spiro atoms. The zero-order valence-corrected chi connectivity index (χ0v) is 17.5. The monoisotopic (exact) mass is 442 g/mol. The fourth-order valence-electron chi connectivity index (χ4n) is 3.64. The van der Waals surface area contributed by atoms with Crippen molar-refractivity contribution in [3.63, 3.8) is 0 Å². The van der Waals surface area contributed by atoms with E-state index in [2.05, 4.69) is 68.7 Å². The van der Waals surface area contributed by atoms with Crippen LogP contribution in [0.1, 0.15) is 24.0 Å². The van der Waals surface area contributed by atoms with Crippen molar-refractivity contribution >= 4 is 43.6 Å². The van der Waals surface area contributed by atoms with Crippen molar-refractivity contribution in [2.45, 2.75) is 24.6 Å². The summed E-state index contributed by atoms with van der Waals surface area (Å²) in [4.78, 5) is 3.27. The lowest BCUT2D eigenvalue weighted by Crippen LogP contribution is -2.34. The van der Waals surface area contributed by atoms with Crippen LogP contribution in [0.25, 0.3) is 16.5 Å². The summed E-state index contributed by atoms with van der Waals surface area (Å²) in [5.74, 6) is 1.34. The number of rotatable bonds is 6. The van der Waals surface area contributed by atoms with Crippen LogP contribution in [0.5, 0.6) is 0 Å². The van der Waals surface area contributed by atoms with Crippen molar-refractivity contribution in [2.24, 2.45) is 0 Å². The van der Waals surface area contributed by atoms with Gasteiger partial charge in [-0.25, -0.2) is 0 Å². The molecule has 1 aromatic heterocycles. The summed E-state index contributed by atoms with van der Waals surface area (Å²) in [7, 11) is 0. The predicted molar refractivity (Wildman–Crippen MR) is 118 cm³/mol. The Labute approximate surface area is 171 Å². The molecule has 0 saturated carbocycles. The molecule has 2 unspecified atom stereocenters. The zero-order valence-electron chi connectivity index (χ0n) is 15.1. The van der Waals surface area contributed by atoms with Crippen molar-refractivity contribution in [1.82, 2.24) is 10.3 Å². The molecular formula is C22H23BrN2OS. The smallest absolute Gasteiger partial charge is 0.132 e. The molecule has 2 atom stereocenters. The quantitative estimate of drug-likeness (QED) is 0.526. The van der Waals surface area contributed by atoms with E-state index < -0.39 is 11.2 Å². The zero-order chi connectivity index (χ0) is 18.6. The van der Waals surface area contributed by atoms with Gasteiger partial charge in [-0.1, -0.05) is 52.3 Å². The molecule has 0 saturated heterocycles. The summed E-state index contributed by atoms with van der Waals surface area (Å²) in [5.41, 5.74) is 4.93. The van der Waals surface area contributed by atoms with Gasteiger partial charge in [0.05, 0.1) is 0 Å². The van der Waals surface area contributed by atoms with Crippen molar-refractivity contribution in [2.75, 3.05) is 12.3 Å². The number of H-pyrrole nitrogens is 1. The molecule has 0 fully saturated rings. The molecular weight excluding hydrogens is 420 g/mol. The van der Waals surface area contributed by atoms with Crippen LogP contribution in [-0.4, -0.2) is 27.9 Å². The summed E-state index contributed by atoms with van der Waals surface area (Å²) in [6.45, 7) is 0.880. The van der Waals surface area contributed by atoms with E-state index in [9.17, 15) is 4.55 Å². The first kappa shape index (κ1) is 18.8. The molecule has 0 amide bonds. The van der Waals surface area contributed by atoms with Crippen LogP contribution >= 0.6 is 15.9 Å². The number of para-hydroxylation sites is 1. The molecule has 0 bridgehead atoms. The minimum absolute atomic E-state index is 0.389. The van der Waals surface area contributed by atoms with E-state index in [0.29, 0.717) is 11.8 Å². The number of hydrogen-bond acceptors (Lipinski definition) is 2. The lowest BCUT2D eigenvalue weighted by Gasteiger charge is -2.25. The van der Waals surface area contributed by atoms with Gasteiger partial charge in [-0.3, -0.25) is 0 Å². The van der Waals surface area contributed by atoms with Gasteiger partial charge in [0, 0.05) is 46.1 Å². The SMILES string of the molecule is [O-][S+](CCC1CC(c2ccc(Br)cc2)=CCN1)Cc1c[nH]c2ccccc12. The highest BCUT2D eigenvalue weighted by molar-refractivity contribution is 9.10. The third-order valence-electron chi connectivity index (χ3n) is 5.12. The maximum absolute atomic E-state index is 12.6. The van der Waals surface area contributed by atoms with Gasteiger partial charge in [-0.05, 0) is 46.9 Å². The molecule has 4 rings (SSSR count). The molecule has 0 aliphatic carbocycles. The molecule has 2 aromatic carbocycles. The van der Waals surface area contributed by atoms with Crippen LogP contribution in [-0.2, 0) is 16.9 Å². The van der Waals surface area contributed by atoms with E-state index in [1.165, 1.54) is 16.5 Å². The Morgan fingerprint density at radius 2 is 1.93 bits per heavy atom. The van der Waals surface area contributed by atoms with Crippen LogP contribution < -0.4 is 5.32 Å². The lowest BCUT2D eigenvalue weighted by molar-refractivity contribution is 0.515. The van der Waals surface area contributed by atoms with Crippen LogP contribution in [0.15, 0.2) is 65.3 Å². The van der Waals surface area contributed by atoms with E-state index >= 15 is 0 Å². The Morgan fingerprint density at radius 3 is 2.78 bits per heavy atom. The van der Waals surface area contributed by atoms with Gasteiger partial charge in [0.15, 0.2) is 0 Å². The van der Waals surface area contributed by atoms with Crippen molar-refractivity contribution in [3.05, 3.63) is 76.4 Å². The summed E-state index contributed by atoms with van der Waals surface area (Å²) >= 11 is 2.64. The van der Waals surface area contributed by atoms with E-state index in [-0.39, 0.29) is 0 Å². The van der Waals surface area contributed by atoms with Gasteiger partial charge >= 0.3 is 0 Å². The van der Waals surface area contributed by atoms with Gasteiger partial charge in [0.1, 0.15) is 11.5 Å². The molecule has 1 aliphatic heterocycles. The van der Waals surface area contributed by atoms with Crippen LogP contribution in [0, 0.1) is 0 Å². The maximum atomic E-state index is 12.6. The van der Waals surface area contributed by atoms with Gasteiger partial charge in [-0.2, -0.15) is 0 Å². The van der Waals surface area contributed by atoms with Gasteiger partial charge < -0.3 is 14.9 Å². The van der Waals surface area contributed by atoms with Crippen molar-refractivity contribution in [3.8, 4) is 0 Å². The van der Waals surface area contributed by atoms with E-state index in [0.717, 1.165) is 40.7 Å². The van der Waals surface area contributed by atoms with Crippen molar-refractivity contribution < 1.29 is 4.55 Å². The molecule has 1 aliphatic rings. The molecule has 0 radical (unpaired) electrons. The van der Waals surface area contributed by atoms with E-state index in [4.69, 9.17) is 0 Å². The number of nitrogens with one attached hydrogen (secondary N) is 2. The van der Waals surface area contributed by atoms with E-state index in [1.807, 2.05) is 18.3 Å². The Balaban J connectivity index is 1.32. The second-order valence-corrected chi connectivity index (χ2v) is 9.47. The second kappa shape index (κ2) is 8.65. The third kappa shape index (κ3) is 4.66. The molecule has 3 nitrogen and oxygen atoms in total.